The van der Waals surface area contributed by atoms with E-state index in [9.17, 15) is 4.79 Å². The van der Waals surface area contributed by atoms with Gasteiger partial charge in [-0.3, -0.25) is 9.78 Å². The highest BCUT2D eigenvalue weighted by molar-refractivity contribution is 5.94. The average molecular weight is 327 g/mol. The molecule has 4 rings (SSSR count). The fraction of sp³-hybridized carbons (Fsp3) is 0.438. The van der Waals surface area contributed by atoms with Crippen LogP contribution in [-0.2, 0) is 4.74 Å². The van der Waals surface area contributed by atoms with Crippen LogP contribution in [0.1, 0.15) is 23.2 Å². The van der Waals surface area contributed by atoms with Crippen molar-refractivity contribution in [2.75, 3.05) is 19.7 Å². The maximum atomic E-state index is 12.4. The molecule has 24 heavy (non-hydrogen) atoms. The number of rotatable bonds is 3. The number of ether oxygens (including phenoxy) is 2. The third-order valence-electron chi connectivity index (χ3n) is 4.35. The van der Waals surface area contributed by atoms with Crippen molar-refractivity contribution in [3.63, 3.8) is 0 Å². The van der Waals surface area contributed by atoms with Gasteiger partial charge >= 0.3 is 0 Å². The third-order valence-corrected chi connectivity index (χ3v) is 4.35. The molecule has 1 amide bonds. The van der Waals surface area contributed by atoms with E-state index in [0.29, 0.717) is 31.1 Å². The summed E-state index contributed by atoms with van der Waals surface area (Å²) in [6.07, 6.45) is 9.39. The molecule has 8 heteroatoms. The summed E-state index contributed by atoms with van der Waals surface area (Å²) in [6, 6.07) is 1.67. The lowest BCUT2D eigenvalue weighted by molar-refractivity contribution is -0.174. The number of carbonyl (C=O) groups is 1. The summed E-state index contributed by atoms with van der Waals surface area (Å²) >= 11 is 0. The van der Waals surface area contributed by atoms with E-state index in [0.717, 1.165) is 12.8 Å². The number of nitrogens with zero attached hydrogens (tertiary/aromatic N) is 5. The number of likely N-dealkylation sites (tertiary alicyclic amines) is 1. The van der Waals surface area contributed by atoms with E-state index in [1.54, 1.807) is 29.6 Å². The minimum atomic E-state index is -0.318. The summed E-state index contributed by atoms with van der Waals surface area (Å²) in [4.78, 5) is 22.3. The van der Waals surface area contributed by atoms with E-state index in [-0.39, 0.29) is 17.6 Å². The van der Waals surface area contributed by atoms with Gasteiger partial charge in [0.2, 0.25) is 5.88 Å². The Bertz CT molecular complexity index is 706. The molecule has 4 heterocycles. The molecule has 2 fully saturated rings. The van der Waals surface area contributed by atoms with Crippen molar-refractivity contribution in [3.8, 4) is 5.88 Å². The smallest absolute Gasteiger partial charge is 0.255 e. The lowest BCUT2D eigenvalue weighted by atomic mass is 9.84. The Balaban J connectivity index is 1.36. The second-order valence-electron chi connectivity index (χ2n) is 6.10. The van der Waals surface area contributed by atoms with E-state index in [1.165, 1.54) is 12.4 Å². The number of hydrogen-bond donors (Lipinski definition) is 0. The van der Waals surface area contributed by atoms with E-state index >= 15 is 0 Å². The van der Waals surface area contributed by atoms with Gasteiger partial charge in [-0.25, -0.2) is 4.98 Å². The van der Waals surface area contributed by atoms with Crippen molar-refractivity contribution in [1.82, 2.24) is 25.1 Å². The first-order chi connectivity index (χ1) is 11.7. The molecule has 2 aliphatic heterocycles. The summed E-state index contributed by atoms with van der Waals surface area (Å²) in [5, 5.41) is 7.44. The second kappa shape index (κ2) is 6.12. The minimum Gasteiger partial charge on any atom is -0.473 e. The van der Waals surface area contributed by atoms with Crippen molar-refractivity contribution in [2.45, 2.75) is 24.5 Å². The van der Waals surface area contributed by atoms with Gasteiger partial charge in [0.05, 0.1) is 43.9 Å². The Morgan fingerprint density at radius 1 is 1.25 bits per heavy atom. The minimum absolute atomic E-state index is 0.0234. The van der Waals surface area contributed by atoms with Gasteiger partial charge in [0, 0.05) is 25.2 Å². The standard InChI is InChI=1S/C16H17N5O3/c22-15(12-1-3-19-20-8-12)21-10-16(11-21)7-13(2-6-23-16)24-14-9-17-4-5-18-14/h1,3-5,8-9,13H,2,6-7,10-11H2/t13-/m1/s1. The molecule has 0 N–H and O–H groups in total. The number of carbonyl (C=O) groups excluding carboxylic acids is 1. The van der Waals surface area contributed by atoms with Gasteiger partial charge in [0.15, 0.2) is 0 Å². The third kappa shape index (κ3) is 2.92. The normalized spacial score (nSPS) is 22.0. The molecule has 1 atom stereocenters. The Morgan fingerprint density at radius 2 is 2.17 bits per heavy atom. The maximum absolute atomic E-state index is 12.4. The van der Waals surface area contributed by atoms with Gasteiger partial charge in [0.1, 0.15) is 11.7 Å². The summed E-state index contributed by atoms with van der Waals surface area (Å²) in [6.45, 7) is 1.74. The van der Waals surface area contributed by atoms with Crippen LogP contribution in [-0.4, -0.2) is 62.4 Å². The van der Waals surface area contributed by atoms with Gasteiger partial charge < -0.3 is 14.4 Å². The SMILES string of the molecule is O=C(c1ccnnc1)N1CC2(C[C@H](Oc3cnccn3)CCO2)C1. The fourth-order valence-corrected chi connectivity index (χ4v) is 3.21. The Labute approximate surface area is 138 Å². The lowest BCUT2D eigenvalue weighted by Crippen LogP contribution is -2.67. The molecule has 2 aliphatic rings. The highest BCUT2D eigenvalue weighted by atomic mass is 16.5. The topological polar surface area (TPSA) is 90.3 Å². The van der Waals surface area contributed by atoms with Gasteiger partial charge in [-0.2, -0.15) is 10.2 Å². The molecular formula is C16H17N5O3. The molecule has 124 valence electrons. The van der Waals surface area contributed by atoms with E-state index in [1.807, 2.05) is 0 Å². The van der Waals surface area contributed by atoms with Crippen LogP contribution >= 0.6 is 0 Å². The quantitative estimate of drug-likeness (QED) is 0.820. The zero-order valence-corrected chi connectivity index (χ0v) is 13.0. The van der Waals surface area contributed by atoms with Crippen LogP contribution in [0.5, 0.6) is 5.88 Å². The van der Waals surface area contributed by atoms with Crippen molar-refractivity contribution in [3.05, 3.63) is 42.6 Å². The average Bonchev–Trinajstić information content (AvgIpc) is 2.61. The van der Waals surface area contributed by atoms with Gasteiger partial charge in [-0.05, 0) is 6.07 Å². The molecule has 0 radical (unpaired) electrons. The van der Waals surface area contributed by atoms with Crippen molar-refractivity contribution in [1.29, 1.82) is 0 Å². The first-order valence-corrected chi connectivity index (χ1v) is 7.87. The van der Waals surface area contributed by atoms with Crippen LogP contribution in [0.2, 0.25) is 0 Å². The number of amides is 1. The Hall–Kier alpha value is -2.61. The lowest BCUT2D eigenvalue weighted by Gasteiger charge is -2.52. The summed E-state index contributed by atoms with van der Waals surface area (Å²) in [5.41, 5.74) is 0.226. The summed E-state index contributed by atoms with van der Waals surface area (Å²) in [7, 11) is 0. The molecule has 0 saturated carbocycles. The van der Waals surface area contributed by atoms with Crippen molar-refractivity contribution >= 4 is 5.91 Å². The molecule has 0 aromatic carbocycles. The summed E-state index contributed by atoms with van der Waals surface area (Å²) in [5.74, 6) is 0.478. The zero-order chi connectivity index (χ0) is 16.4. The molecule has 0 unspecified atom stereocenters. The first kappa shape index (κ1) is 14.9. The van der Waals surface area contributed by atoms with Crippen LogP contribution in [0.4, 0.5) is 0 Å². The van der Waals surface area contributed by atoms with E-state index < -0.39 is 0 Å². The molecule has 0 aliphatic carbocycles. The van der Waals surface area contributed by atoms with Crippen LogP contribution < -0.4 is 4.74 Å². The van der Waals surface area contributed by atoms with Gasteiger partial charge in [0.25, 0.3) is 5.91 Å². The van der Waals surface area contributed by atoms with Crippen LogP contribution in [0.3, 0.4) is 0 Å². The highest BCUT2D eigenvalue weighted by Crippen LogP contribution is 2.36. The molecular weight excluding hydrogens is 310 g/mol. The van der Waals surface area contributed by atoms with Crippen LogP contribution in [0, 0.1) is 0 Å². The van der Waals surface area contributed by atoms with Gasteiger partial charge in [-0.15, -0.1) is 0 Å². The van der Waals surface area contributed by atoms with Crippen molar-refractivity contribution in [2.24, 2.45) is 0 Å². The predicted octanol–water partition coefficient (Wildman–Crippen LogP) is 0.719. The molecule has 2 aromatic rings. The van der Waals surface area contributed by atoms with Crippen molar-refractivity contribution < 1.29 is 14.3 Å². The zero-order valence-electron chi connectivity index (χ0n) is 13.0. The summed E-state index contributed by atoms with van der Waals surface area (Å²) < 4.78 is 11.8. The molecule has 2 aromatic heterocycles. The highest BCUT2D eigenvalue weighted by Gasteiger charge is 2.50. The van der Waals surface area contributed by atoms with Gasteiger partial charge in [-0.1, -0.05) is 0 Å². The monoisotopic (exact) mass is 327 g/mol. The van der Waals surface area contributed by atoms with Crippen LogP contribution in [0.15, 0.2) is 37.1 Å². The second-order valence-corrected chi connectivity index (χ2v) is 6.10. The van der Waals surface area contributed by atoms with E-state index in [4.69, 9.17) is 9.47 Å². The molecule has 0 bridgehead atoms. The fourth-order valence-electron chi connectivity index (χ4n) is 3.21. The van der Waals surface area contributed by atoms with Crippen LogP contribution in [0.25, 0.3) is 0 Å². The maximum Gasteiger partial charge on any atom is 0.255 e. The molecule has 1 spiro atoms. The Kier molecular flexibility index (Phi) is 3.81. The van der Waals surface area contributed by atoms with E-state index in [2.05, 4.69) is 20.2 Å². The molecule has 2 saturated heterocycles. The largest absolute Gasteiger partial charge is 0.473 e. The number of hydrogen-bond acceptors (Lipinski definition) is 7. The Morgan fingerprint density at radius 3 is 2.92 bits per heavy atom. The first-order valence-electron chi connectivity index (χ1n) is 7.87. The molecule has 8 nitrogen and oxygen atoms in total. The number of aromatic nitrogens is 4. The predicted molar refractivity (Wildman–Crippen MR) is 82.3 cm³/mol.